The first-order chi connectivity index (χ1) is 12.4. The van der Waals surface area contributed by atoms with Crippen LogP contribution in [0.15, 0.2) is 53.4 Å². The minimum Gasteiger partial charge on any atom is -0.376 e. The lowest BCUT2D eigenvalue weighted by Gasteiger charge is -2.26. The number of rotatable bonds is 6. The van der Waals surface area contributed by atoms with E-state index in [9.17, 15) is 18.5 Å². The fourth-order valence-electron chi connectivity index (χ4n) is 3.16. The van der Waals surface area contributed by atoms with E-state index >= 15 is 0 Å². The molecule has 2 atom stereocenters. The second kappa shape index (κ2) is 7.43. The molecule has 0 aliphatic carbocycles. The highest BCUT2D eigenvalue weighted by molar-refractivity contribution is 7.90. The predicted molar refractivity (Wildman–Crippen MR) is 98.0 cm³/mol. The summed E-state index contributed by atoms with van der Waals surface area (Å²) in [5.41, 5.74) is 1.05. The van der Waals surface area contributed by atoms with Crippen LogP contribution in [0.5, 0.6) is 0 Å². The number of hydrogen-bond acceptors (Lipinski definition) is 6. The lowest BCUT2D eigenvalue weighted by Crippen LogP contribution is -2.25. The molecule has 1 fully saturated rings. The molecule has 2 aromatic carbocycles. The van der Waals surface area contributed by atoms with Gasteiger partial charge in [0.1, 0.15) is 4.90 Å². The summed E-state index contributed by atoms with van der Waals surface area (Å²) in [5.74, 6) is 0. The Kier molecular flexibility index (Phi) is 5.24. The summed E-state index contributed by atoms with van der Waals surface area (Å²) >= 11 is 0. The van der Waals surface area contributed by atoms with Crippen LogP contribution < -0.4 is 5.32 Å². The molecule has 7 nitrogen and oxygen atoms in total. The third-order valence-electron chi connectivity index (χ3n) is 4.37. The lowest BCUT2D eigenvalue weighted by atomic mass is 9.99. The van der Waals surface area contributed by atoms with E-state index in [0.717, 1.165) is 24.7 Å². The maximum absolute atomic E-state index is 11.8. The first-order valence-electron chi connectivity index (χ1n) is 8.28. The van der Waals surface area contributed by atoms with Crippen LogP contribution in [0.4, 0.5) is 11.4 Å². The van der Waals surface area contributed by atoms with Gasteiger partial charge in [0.15, 0.2) is 9.84 Å². The second-order valence-corrected chi connectivity index (χ2v) is 8.28. The van der Waals surface area contributed by atoms with Crippen molar-refractivity contribution in [1.29, 1.82) is 0 Å². The molecular formula is C18H20N2O5S. The molecule has 0 bridgehead atoms. The van der Waals surface area contributed by atoms with Crippen LogP contribution >= 0.6 is 0 Å². The zero-order chi connectivity index (χ0) is 18.7. The lowest BCUT2D eigenvalue weighted by molar-refractivity contribution is -0.387. The highest BCUT2D eigenvalue weighted by Gasteiger charge is 2.29. The van der Waals surface area contributed by atoms with Crippen LogP contribution in [0.2, 0.25) is 0 Å². The molecule has 2 unspecified atom stereocenters. The molecule has 1 heterocycles. The third-order valence-corrected chi connectivity index (χ3v) is 5.52. The van der Waals surface area contributed by atoms with Crippen molar-refractivity contribution in [3.05, 3.63) is 64.2 Å². The van der Waals surface area contributed by atoms with E-state index in [4.69, 9.17) is 4.74 Å². The standard InChI is InChI=1S/C18H20N2O5S/c1-26(23,24)17-10-9-14(12-15(17)20(21)22)19-18(16-8-5-11-25-16)13-6-3-2-4-7-13/h2-4,6-7,9-10,12,16,18-19H,5,8,11H2,1H3. The van der Waals surface area contributed by atoms with Crippen LogP contribution in [0.3, 0.4) is 0 Å². The zero-order valence-electron chi connectivity index (χ0n) is 14.3. The number of anilines is 1. The van der Waals surface area contributed by atoms with E-state index in [-0.39, 0.29) is 17.0 Å². The fraction of sp³-hybridized carbons (Fsp3) is 0.333. The number of ether oxygens (including phenoxy) is 1. The van der Waals surface area contributed by atoms with E-state index < -0.39 is 20.4 Å². The maximum atomic E-state index is 11.8. The Morgan fingerprint density at radius 3 is 2.54 bits per heavy atom. The third kappa shape index (κ3) is 4.03. The number of hydrogen-bond donors (Lipinski definition) is 1. The van der Waals surface area contributed by atoms with E-state index in [0.29, 0.717) is 12.3 Å². The number of benzene rings is 2. The van der Waals surface area contributed by atoms with Crippen molar-refractivity contribution >= 4 is 21.2 Å². The number of nitro groups is 1. The Labute approximate surface area is 152 Å². The first kappa shape index (κ1) is 18.3. The Bertz CT molecular complexity index is 893. The minimum absolute atomic E-state index is 0.0500. The van der Waals surface area contributed by atoms with Gasteiger partial charge in [-0.2, -0.15) is 0 Å². The second-order valence-electron chi connectivity index (χ2n) is 6.30. The normalized spacial score (nSPS) is 18.4. The molecule has 0 saturated carbocycles. The van der Waals surface area contributed by atoms with Crippen LogP contribution in [-0.2, 0) is 14.6 Å². The number of nitrogens with zero attached hydrogens (tertiary/aromatic N) is 1. The van der Waals surface area contributed by atoms with E-state index in [1.165, 1.54) is 12.1 Å². The maximum Gasteiger partial charge on any atom is 0.290 e. The molecule has 1 aliphatic rings. The van der Waals surface area contributed by atoms with Crippen molar-refractivity contribution in [2.45, 2.75) is 29.9 Å². The highest BCUT2D eigenvalue weighted by Crippen LogP contribution is 2.33. The summed E-state index contributed by atoms with van der Waals surface area (Å²) in [5, 5.41) is 14.6. The Hall–Kier alpha value is -2.45. The number of nitro benzene ring substituents is 1. The summed E-state index contributed by atoms with van der Waals surface area (Å²) in [6.45, 7) is 0.683. The van der Waals surface area contributed by atoms with Gasteiger partial charge in [0.25, 0.3) is 5.69 Å². The summed E-state index contributed by atoms with van der Waals surface area (Å²) in [6, 6.07) is 13.6. The van der Waals surface area contributed by atoms with Crippen LogP contribution in [0, 0.1) is 10.1 Å². The van der Waals surface area contributed by atoms with Gasteiger partial charge in [-0.3, -0.25) is 10.1 Å². The fourth-order valence-corrected chi connectivity index (χ4v) is 3.99. The van der Waals surface area contributed by atoms with Crippen molar-refractivity contribution in [1.82, 2.24) is 0 Å². The molecule has 1 saturated heterocycles. The van der Waals surface area contributed by atoms with Gasteiger partial charge in [-0.25, -0.2) is 8.42 Å². The first-order valence-corrected chi connectivity index (χ1v) is 10.2. The highest BCUT2D eigenvalue weighted by atomic mass is 32.2. The summed E-state index contributed by atoms with van der Waals surface area (Å²) < 4.78 is 29.4. The van der Waals surface area contributed by atoms with Gasteiger partial charge in [-0.15, -0.1) is 0 Å². The molecule has 0 radical (unpaired) electrons. The van der Waals surface area contributed by atoms with Crippen molar-refractivity contribution in [3.8, 4) is 0 Å². The SMILES string of the molecule is CS(=O)(=O)c1ccc(NC(c2ccccc2)C2CCCO2)cc1[N+](=O)[O-]. The topological polar surface area (TPSA) is 98.5 Å². The molecule has 1 N–H and O–H groups in total. The van der Waals surface area contributed by atoms with Crippen molar-refractivity contribution < 1.29 is 18.1 Å². The van der Waals surface area contributed by atoms with Crippen molar-refractivity contribution in [2.75, 3.05) is 18.2 Å². The van der Waals surface area contributed by atoms with Gasteiger partial charge in [-0.05, 0) is 30.5 Å². The number of sulfone groups is 1. The molecular weight excluding hydrogens is 356 g/mol. The zero-order valence-corrected chi connectivity index (χ0v) is 15.1. The van der Waals surface area contributed by atoms with Gasteiger partial charge < -0.3 is 10.1 Å². The van der Waals surface area contributed by atoms with Crippen LogP contribution in [0.25, 0.3) is 0 Å². The smallest absolute Gasteiger partial charge is 0.290 e. The summed E-state index contributed by atoms with van der Waals surface area (Å²) in [7, 11) is -3.69. The molecule has 8 heteroatoms. The average molecular weight is 376 g/mol. The van der Waals surface area contributed by atoms with Gasteiger partial charge in [0.05, 0.1) is 17.1 Å². The molecule has 1 aliphatic heterocycles. The molecule has 3 rings (SSSR count). The van der Waals surface area contributed by atoms with E-state index in [1.807, 2.05) is 30.3 Å². The molecule has 0 spiro atoms. The van der Waals surface area contributed by atoms with Gasteiger partial charge >= 0.3 is 0 Å². The van der Waals surface area contributed by atoms with Gasteiger partial charge in [-0.1, -0.05) is 30.3 Å². The molecule has 2 aromatic rings. The quantitative estimate of drug-likeness (QED) is 0.613. The van der Waals surface area contributed by atoms with Crippen LogP contribution in [-0.4, -0.2) is 32.3 Å². The predicted octanol–water partition coefficient (Wildman–Crippen LogP) is 3.33. The van der Waals surface area contributed by atoms with E-state index in [2.05, 4.69) is 5.32 Å². The monoisotopic (exact) mass is 376 g/mol. The molecule has 0 amide bonds. The Balaban J connectivity index is 1.96. The molecule has 138 valence electrons. The largest absolute Gasteiger partial charge is 0.376 e. The van der Waals surface area contributed by atoms with Gasteiger partial charge in [0, 0.05) is 24.6 Å². The van der Waals surface area contributed by atoms with E-state index in [1.54, 1.807) is 6.07 Å². The Morgan fingerprint density at radius 2 is 1.96 bits per heavy atom. The average Bonchev–Trinajstić information content (AvgIpc) is 3.13. The molecule has 0 aromatic heterocycles. The van der Waals surface area contributed by atoms with Crippen molar-refractivity contribution in [2.24, 2.45) is 0 Å². The summed E-state index contributed by atoms with van der Waals surface area (Å²) in [4.78, 5) is 10.4. The number of nitrogens with one attached hydrogen (secondary N) is 1. The van der Waals surface area contributed by atoms with Gasteiger partial charge in [0.2, 0.25) is 0 Å². The molecule has 26 heavy (non-hydrogen) atoms. The van der Waals surface area contributed by atoms with Crippen LogP contribution in [0.1, 0.15) is 24.4 Å². The minimum atomic E-state index is -3.69. The Morgan fingerprint density at radius 1 is 1.23 bits per heavy atom. The van der Waals surface area contributed by atoms with Crippen molar-refractivity contribution in [3.63, 3.8) is 0 Å². The summed E-state index contributed by atoms with van der Waals surface area (Å²) in [6.07, 6.45) is 2.76.